The highest BCUT2D eigenvalue weighted by molar-refractivity contribution is 9.10. The number of aromatic nitrogens is 2. The Morgan fingerprint density at radius 2 is 2.13 bits per heavy atom. The Bertz CT molecular complexity index is 796. The van der Waals surface area contributed by atoms with Crippen LogP contribution in [0.25, 0.3) is 16.8 Å². The molecule has 2 rings (SSSR count). The maximum atomic E-state index is 6.45. The lowest BCUT2D eigenvalue weighted by molar-refractivity contribution is 1.19. The van der Waals surface area contributed by atoms with Gasteiger partial charge in [-0.25, -0.2) is 9.97 Å². The van der Waals surface area contributed by atoms with Crippen LogP contribution < -0.4 is 0 Å². The lowest BCUT2D eigenvalue weighted by Crippen LogP contribution is -1.91. The molecule has 2 aromatic heterocycles. The molecule has 0 fully saturated rings. The van der Waals surface area contributed by atoms with Gasteiger partial charge in [0.1, 0.15) is 5.15 Å². The van der Waals surface area contributed by atoms with E-state index in [1.807, 2.05) is 19.1 Å². The van der Waals surface area contributed by atoms with Crippen molar-refractivity contribution in [1.29, 1.82) is 0 Å². The van der Waals surface area contributed by atoms with E-state index in [4.69, 9.17) is 34.8 Å². The molecule has 0 aliphatic rings. The van der Waals surface area contributed by atoms with Crippen LogP contribution in [0, 0.1) is 0 Å². The van der Waals surface area contributed by atoms with Gasteiger partial charge in [-0.15, -0.1) is 11.3 Å². The van der Waals surface area contributed by atoms with Crippen LogP contribution >= 0.6 is 62.1 Å². The molecule has 0 bridgehead atoms. The first-order valence-electron chi connectivity index (χ1n) is 6.62. The topological polar surface area (TPSA) is 25.8 Å². The Labute approximate surface area is 162 Å². The normalized spacial score (nSPS) is 13.0. The minimum atomic E-state index is 0.375. The fraction of sp³-hybridized carbons (Fsp3) is 0.125. The fourth-order valence-corrected chi connectivity index (χ4v) is 3.69. The van der Waals surface area contributed by atoms with Gasteiger partial charge in [-0.1, -0.05) is 60.5 Å². The molecule has 23 heavy (non-hydrogen) atoms. The summed E-state index contributed by atoms with van der Waals surface area (Å²) in [6, 6.07) is 1.87. The van der Waals surface area contributed by atoms with Crippen molar-refractivity contribution in [1.82, 2.24) is 9.97 Å². The van der Waals surface area contributed by atoms with E-state index >= 15 is 0 Å². The van der Waals surface area contributed by atoms with E-state index in [9.17, 15) is 0 Å². The SMILES string of the molecule is C=C/C=C(\C(Cl)=C(\Cl)CC)c1scnc1-c1cc(Br)cnc1Cl. The summed E-state index contributed by atoms with van der Waals surface area (Å²) in [4.78, 5) is 9.45. The third-order valence-corrected chi connectivity index (χ3v) is 5.52. The maximum Gasteiger partial charge on any atom is 0.138 e. The minimum Gasteiger partial charge on any atom is -0.244 e. The standard InChI is InChI=1S/C16H12BrCl3N2S/c1-3-5-10(13(19)12(18)4-2)15-14(22-8-23-15)11-6-9(17)7-21-16(11)20/h3,5-8H,1,4H2,2H3/b10-5+,13-12-. The predicted octanol–water partition coefficient (Wildman–Crippen LogP) is 7.29. The highest BCUT2D eigenvalue weighted by Crippen LogP contribution is 2.40. The van der Waals surface area contributed by atoms with Crippen molar-refractivity contribution in [2.24, 2.45) is 0 Å². The highest BCUT2D eigenvalue weighted by atomic mass is 79.9. The Hall–Kier alpha value is -0.650. The zero-order valence-electron chi connectivity index (χ0n) is 12.1. The second-order valence-corrected chi connectivity index (χ2v) is 7.37. The molecule has 120 valence electrons. The van der Waals surface area contributed by atoms with E-state index in [2.05, 4.69) is 32.5 Å². The molecule has 0 aliphatic carbocycles. The third kappa shape index (κ3) is 4.25. The highest BCUT2D eigenvalue weighted by Gasteiger charge is 2.19. The average Bonchev–Trinajstić information content (AvgIpc) is 3.02. The Morgan fingerprint density at radius 1 is 1.39 bits per heavy atom. The first-order valence-corrected chi connectivity index (χ1v) is 9.42. The van der Waals surface area contributed by atoms with E-state index in [-0.39, 0.29) is 0 Å². The predicted molar refractivity (Wildman–Crippen MR) is 105 cm³/mol. The molecule has 0 saturated carbocycles. The van der Waals surface area contributed by atoms with Crippen molar-refractivity contribution < 1.29 is 0 Å². The molecule has 0 aliphatic heterocycles. The number of hydrogen-bond donors (Lipinski definition) is 0. The summed E-state index contributed by atoms with van der Waals surface area (Å²) in [6.45, 7) is 5.69. The first-order chi connectivity index (χ1) is 11.0. The van der Waals surface area contributed by atoms with Crippen LogP contribution in [0.1, 0.15) is 18.2 Å². The van der Waals surface area contributed by atoms with Gasteiger partial charge in [0.25, 0.3) is 0 Å². The van der Waals surface area contributed by atoms with Gasteiger partial charge in [0, 0.05) is 26.8 Å². The van der Waals surface area contributed by atoms with Crippen molar-refractivity contribution in [3.8, 4) is 11.3 Å². The number of rotatable bonds is 5. The Balaban J connectivity index is 2.66. The van der Waals surface area contributed by atoms with Crippen molar-refractivity contribution >= 4 is 67.6 Å². The quantitative estimate of drug-likeness (QED) is 0.353. The third-order valence-electron chi connectivity index (χ3n) is 2.94. The van der Waals surface area contributed by atoms with E-state index in [1.165, 1.54) is 11.3 Å². The second-order valence-electron chi connectivity index (χ2n) is 4.41. The van der Waals surface area contributed by atoms with E-state index in [0.717, 1.165) is 20.5 Å². The van der Waals surface area contributed by atoms with Crippen LogP contribution in [0.3, 0.4) is 0 Å². The number of hydrogen-bond acceptors (Lipinski definition) is 3. The molecule has 0 radical (unpaired) electrons. The molecular weight excluding hydrogens is 439 g/mol. The molecule has 0 spiro atoms. The molecule has 0 aromatic carbocycles. The van der Waals surface area contributed by atoms with E-state index < -0.39 is 0 Å². The largest absolute Gasteiger partial charge is 0.244 e. The first kappa shape index (κ1) is 18.7. The van der Waals surface area contributed by atoms with Crippen molar-refractivity contribution in [2.75, 3.05) is 0 Å². The van der Waals surface area contributed by atoms with Crippen LogP contribution in [-0.4, -0.2) is 9.97 Å². The number of pyridine rings is 1. The van der Waals surface area contributed by atoms with Gasteiger partial charge in [-0.05, 0) is 28.4 Å². The van der Waals surface area contributed by atoms with Crippen LogP contribution in [0.4, 0.5) is 0 Å². The molecule has 2 nitrogen and oxygen atoms in total. The fourth-order valence-electron chi connectivity index (χ4n) is 1.89. The second kappa shape index (κ2) is 8.45. The van der Waals surface area contributed by atoms with Gasteiger partial charge < -0.3 is 0 Å². The van der Waals surface area contributed by atoms with Gasteiger partial charge in [-0.3, -0.25) is 0 Å². The number of allylic oxidation sites excluding steroid dienone is 5. The number of thiazole rings is 1. The van der Waals surface area contributed by atoms with Crippen LogP contribution in [0.5, 0.6) is 0 Å². The van der Waals surface area contributed by atoms with Gasteiger partial charge in [-0.2, -0.15) is 0 Å². The minimum absolute atomic E-state index is 0.375. The number of halogens is 4. The molecule has 0 N–H and O–H groups in total. The molecule has 0 amide bonds. The Morgan fingerprint density at radius 3 is 2.78 bits per heavy atom. The van der Waals surface area contributed by atoms with Crippen molar-refractivity contribution in [2.45, 2.75) is 13.3 Å². The Kier molecular flexibility index (Phi) is 6.86. The molecule has 7 heteroatoms. The van der Waals surface area contributed by atoms with Crippen LogP contribution in [0.15, 0.2) is 51.0 Å². The summed E-state index contributed by atoms with van der Waals surface area (Å²) in [7, 11) is 0. The smallest absolute Gasteiger partial charge is 0.138 e. The monoisotopic (exact) mass is 448 g/mol. The van der Waals surface area contributed by atoms with Gasteiger partial charge in [0.2, 0.25) is 0 Å². The summed E-state index contributed by atoms with van der Waals surface area (Å²) in [5.41, 5.74) is 3.94. The zero-order valence-corrected chi connectivity index (χ0v) is 16.8. The molecule has 2 aromatic rings. The van der Waals surface area contributed by atoms with Gasteiger partial charge >= 0.3 is 0 Å². The molecule has 0 unspecified atom stereocenters. The van der Waals surface area contributed by atoms with Crippen LogP contribution in [-0.2, 0) is 0 Å². The lowest BCUT2D eigenvalue weighted by Gasteiger charge is -2.09. The van der Waals surface area contributed by atoms with Crippen molar-refractivity contribution in [3.63, 3.8) is 0 Å². The summed E-state index contributed by atoms with van der Waals surface area (Å²) >= 11 is 23.8. The van der Waals surface area contributed by atoms with E-state index in [1.54, 1.807) is 17.8 Å². The summed E-state index contributed by atoms with van der Waals surface area (Å²) in [6.07, 6.45) is 5.76. The average molecular weight is 451 g/mol. The van der Waals surface area contributed by atoms with E-state index in [0.29, 0.717) is 27.3 Å². The van der Waals surface area contributed by atoms with Crippen molar-refractivity contribution in [3.05, 3.63) is 61.1 Å². The molecular formula is C16H12BrCl3N2S. The van der Waals surface area contributed by atoms with Gasteiger partial charge in [0.05, 0.1) is 21.1 Å². The zero-order chi connectivity index (χ0) is 17.0. The molecule has 0 atom stereocenters. The molecule has 2 heterocycles. The molecule has 0 saturated heterocycles. The lowest BCUT2D eigenvalue weighted by atomic mass is 10.1. The summed E-state index contributed by atoms with van der Waals surface area (Å²) < 4.78 is 0.818. The number of nitrogens with zero attached hydrogens (tertiary/aromatic N) is 2. The van der Waals surface area contributed by atoms with Gasteiger partial charge in [0.15, 0.2) is 0 Å². The van der Waals surface area contributed by atoms with Crippen LogP contribution in [0.2, 0.25) is 5.15 Å². The maximum absolute atomic E-state index is 6.45. The summed E-state index contributed by atoms with van der Waals surface area (Å²) in [5, 5.41) is 1.44. The summed E-state index contributed by atoms with van der Waals surface area (Å²) in [5.74, 6) is 0.